The molecular weight excluding hydrogens is 392 g/mol. The van der Waals surface area contributed by atoms with Gasteiger partial charge in [-0.1, -0.05) is 19.9 Å². The standard InChI is InChI=1S/C22H28O8/c1-5-28-20(25)10-16(22-21(26)17(24)9-15(11-23)30-22)14-6-7-18(27-4)19(8-14)29-12-13(2)3/h6-9,13,16,23,26H,5,10-12H2,1-4H3/t16-/m0/s1. The molecule has 0 saturated carbocycles. The van der Waals surface area contributed by atoms with E-state index in [1.165, 1.54) is 7.11 Å². The zero-order valence-corrected chi connectivity index (χ0v) is 17.6. The third-order valence-electron chi connectivity index (χ3n) is 4.31. The minimum Gasteiger partial charge on any atom is -0.502 e. The number of aliphatic hydroxyl groups excluding tert-OH is 1. The Bertz CT molecular complexity index is 916. The highest BCUT2D eigenvalue weighted by Gasteiger charge is 2.27. The number of esters is 1. The average molecular weight is 420 g/mol. The van der Waals surface area contributed by atoms with Crippen molar-refractivity contribution in [3.05, 3.63) is 51.6 Å². The van der Waals surface area contributed by atoms with E-state index < -0.39 is 29.7 Å². The van der Waals surface area contributed by atoms with Crippen molar-refractivity contribution in [1.29, 1.82) is 0 Å². The van der Waals surface area contributed by atoms with Crippen molar-refractivity contribution in [2.24, 2.45) is 5.92 Å². The molecule has 0 aliphatic carbocycles. The largest absolute Gasteiger partial charge is 0.502 e. The summed E-state index contributed by atoms with van der Waals surface area (Å²) in [6, 6.07) is 6.05. The summed E-state index contributed by atoms with van der Waals surface area (Å²) in [7, 11) is 1.52. The topological polar surface area (TPSA) is 115 Å². The van der Waals surface area contributed by atoms with Gasteiger partial charge in [0.05, 0.1) is 32.7 Å². The number of rotatable bonds is 10. The maximum absolute atomic E-state index is 12.2. The third-order valence-corrected chi connectivity index (χ3v) is 4.31. The molecule has 8 nitrogen and oxygen atoms in total. The Morgan fingerprint density at radius 3 is 2.53 bits per heavy atom. The van der Waals surface area contributed by atoms with Crippen LogP contribution in [0.15, 0.2) is 33.5 Å². The second kappa shape index (κ2) is 10.7. The lowest BCUT2D eigenvalue weighted by molar-refractivity contribution is -0.143. The zero-order valence-electron chi connectivity index (χ0n) is 17.6. The predicted molar refractivity (Wildman–Crippen MR) is 109 cm³/mol. The number of hydrogen-bond donors (Lipinski definition) is 2. The summed E-state index contributed by atoms with van der Waals surface area (Å²) in [5.41, 5.74) is -0.157. The quantitative estimate of drug-likeness (QED) is 0.564. The fourth-order valence-corrected chi connectivity index (χ4v) is 2.90. The average Bonchev–Trinajstić information content (AvgIpc) is 2.72. The van der Waals surface area contributed by atoms with E-state index in [1.54, 1.807) is 25.1 Å². The van der Waals surface area contributed by atoms with Crippen LogP contribution in [0.25, 0.3) is 0 Å². The molecule has 2 aromatic rings. The lowest BCUT2D eigenvalue weighted by Crippen LogP contribution is -2.15. The van der Waals surface area contributed by atoms with Gasteiger partial charge in [-0.3, -0.25) is 9.59 Å². The molecule has 1 heterocycles. The summed E-state index contributed by atoms with van der Waals surface area (Å²) < 4.78 is 21.8. The number of aromatic hydroxyl groups is 1. The molecule has 0 unspecified atom stereocenters. The van der Waals surface area contributed by atoms with Gasteiger partial charge in [-0.15, -0.1) is 0 Å². The van der Waals surface area contributed by atoms with Gasteiger partial charge in [0, 0.05) is 6.07 Å². The van der Waals surface area contributed by atoms with Crippen molar-refractivity contribution >= 4 is 5.97 Å². The van der Waals surface area contributed by atoms with Crippen molar-refractivity contribution < 1.29 is 33.6 Å². The van der Waals surface area contributed by atoms with E-state index >= 15 is 0 Å². The highest BCUT2D eigenvalue weighted by Crippen LogP contribution is 2.38. The molecule has 2 rings (SSSR count). The summed E-state index contributed by atoms with van der Waals surface area (Å²) in [6.45, 7) is 5.80. The number of methoxy groups -OCH3 is 1. The fourth-order valence-electron chi connectivity index (χ4n) is 2.90. The molecule has 1 atom stereocenters. The normalized spacial score (nSPS) is 11.9. The molecule has 1 aromatic carbocycles. The summed E-state index contributed by atoms with van der Waals surface area (Å²) in [6.07, 6.45) is -0.185. The van der Waals surface area contributed by atoms with Gasteiger partial charge < -0.3 is 28.8 Å². The Morgan fingerprint density at radius 2 is 1.93 bits per heavy atom. The number of benzene rings is 1. The Hall–Kier alpha value is -3.00. The Balaban J connectivity index is 2.58. The SMILES string of the molecule is CCOC(=O)C[C@@H](c1ccc(OC)c(OCC(C)C)c1)c1oc(CO)cc(=O)c1O. The van der Waals surface area contributed by atoms with E-state index in [1.807, 2.05) is 13.8 Å². The van der Waals surface area contributed by atoms with Crippen LogP contribution >= 0.6 is 0 Å². The van der Waals surface area contributed by atoms with Gasteiger partial charge in [0.1, 0.15) is 12.4 Å². The van der Waals surface area contributed by atoms with E-state index in [9.17, 15) is 19.8 Å². The monoisotopic (exact) mass is 420 g/mol. The van der Waals surface area contributed by atoms with E-state index in [2.05, 4.69) is 0 Å². The summed E-state index contributed by atoms with van der Waals surface area (Å²) in [5, 5.41) is 19.7. The third kappa shape index (κ3) is 5.76. The van der Waals surface area contributed by atoms with E-state index in [0.29, 0.717) is 23.7 Å². The highest BCUT2D eigenvalue weighted by atomic mass is 16.5. The first-order valence-corrected chi connectivity index (χ1v) is 9.73. The molecule has 0 radical (unpaired) electrons. The minimum absolute atomic E-state index is 0.0218. The molecule has 0 aliphatic heterocycles. The molecule has 1 aromatic heterocycles. The van der Waals surface area contributed by atoms with Gasteiger partial charge >= 0.3 is 5.97 Å². The lowest BCUT2D eigenvalue weighted by atomic mass is 9.91. The Morgan fingerprint density at radius 1 is 1.20 bits per heavy atom. The molecule has 164 valence electrons. The summed E-state index contributed by atoms with van der Waals surface area (Å²) >= 11 is 0. The molecule has 8 heteroatoms. The summed E-state index contributed by atoms with van der Waals surface area (Å²) in [4.78, 5) is 24.4. The molecule has 0 spiro atoms. The van der Waals surface area contributed by atoms with Crippen molar-refractivity contribution in [2.45, 2.75) is 39.7 Å². The van der Waals surface area contributed by atoms with Gasteiger partial charge in [0.25, 0.3) is 0 Å². The van der Waals surface area contributed by atoms with Crippen LogP contribution in [0.4, 0.5) is 0 Å². The first-order chi connectivity index (χ1) is 14.3. The molecule has 0 amide bonds. The van der Waals surface area contributed by atoms with Crippen molar-refractivity contribution in [2.75, 3.05) is 20.3 Å². The van der Waals surface area contributed by atoms with Crippen LogP contribution in [0.3, 0.4) is 0 Å². The number of carbonyl (C=O) groups excluding carboxylic acids is 1. The van der Waals surface area contributed by atoms with Crippen LogP contribution in [0.1, 0.15) is 50.2 Å². The second-order valence-corrected chi connectivity index (χ2v) is 7.12. The van der Waals surface area contributed by atoms with Crippen LogP contribution in [-0.4, -0.2) is 36.5 Å². The van der Waals surface area contributed by atoms with Crippen molar-refractivity contribution in [3.8, 4) is 17.2 Å². The zero-order chi connectivity index (χ0) is 22.3. The maximum Gasteiger partial charge on any atom is 0.306 e. The predicted octanol–water partition coefficient (Wildman–Crippen LogP) is 2.97. The minimum atomic E-state index is -0.837. The van der Waals surface area contributed by atoms with Gasteiger partial charge in [-0.25, -0.2) is 0 Å². The van der Waals surface area contributed by atoms with Crippen molar-refractivity contribution in [1.82, 2.24) is 0 Å². The van der Waals surface area contributed by atoms with E-state index in [4.69, 9.17) is 18.6 Å². The van der Waals surface area contributed by atoms with Gasteiger partial charge in [0.15, 0.2) is 17.3 Å². The molecule has 0 fully saturated rings. The first-order valence-electron chi connectivity index (χ1n) is 9.73. The molecule has 0 bridgehead atoms. The van der Waals surface area contributed by atoms with Crippen LogP contribution in [0, 0.1) is 5.92 Å². The summed E-state index contributed by atoms with van der Waals surface area (Å²) in [5.74, 6) is -0.901. The van der Waals surface area contributed by atoms with E-state index in [-0.39, 0.29) is 30.5 Å². The lowest BCUT2D eigenvalue weighted by Gasteiger charge is -2.20. The highest BCUT2D eigenvalue weighted by molar-refractivity contribution is 5.71. The molecule has 2 N–H and O–H groups in total. The van der Waals surface area contributed by atoms with Crippen LogP contribution in [0.5, 0.6) is 17.2 Å². The van der Waals surface area contributed by atoms with Gasteiger partial charge in [0.2, 0.25) is 11.2 Å². The number of ether oxygens (including phenoxy) is 3. The van der Waals surface area contributed by atoms with Crippen LogP contribution < -0.4 is 14.9 Å². The Kier molecular flexibility index (Phi) is 8.29. The number of hydrogen-bond acceptors (Lipinski definition) is 8. The fraction of sp³-hybridized carbons (Fsp3) is 0.455. The van der Waals surface area contributed by atoms with Gasteiger partial charge in [-0.05, 0) is 30.5 Å². The second-order valence-electron chi connectivity index (χ2n) is 7.12. The molecule has 0 aliphatic rings. The van der Waals surface area contributed by atoms with E-state index in [0.717, 1.165) is 6.07 Å². The van der Waals surface area contributed by atoms with Crippen molar-refractivity contribution in [3.63, 3.8) is 0 Å². The number of carbonyl (C=O) groups is 1. The molecular formula is C22H28O8. The maximum atomic E-state index is 12.2. The van der Waals surface area contributed by atoms with Crippen LogP contribution in [-0.2, 0) is 16.1 Å². The molecule has 30 heavy (non-hydrogen) atoms. The molecule has 0 saturated heterocycles. The number of aliphatic hydroxyl groups is 1. The smallest absolute Gasteiger partial charge is 0.306 e. The first kappa shape index (κ1) is 23.3. The van der Waals surface area contributed by atoms with Crippen LogP contribution in [0.2, 0.25) is 0 Å². The van der Waals surface area contributed by atoms with Gasteiger partial charge in [-0.2, -0.15) is 0 Å². The Labute approximate surface area is 175 Å².